The lowest BCUT2D eigenvalue weighted by Crippen LogP contribution is -1.89. The predicted molar refractivity (Wildman–Crippen MR) is 99.5 cm³/mol. The minimum absolute atomic E-state index is 0.570. The third-order valence-electron chi connectivity index (χ3n) is 3.71. The van der Waals surface area contributed by atoms with E-state index in [-0.39, 0.29) is 0 Å². The highest BCUT2D eigenvalue weighted by atomic mass is 16.5. The largest absolute Gasteiger partial charge is 0.497 e. The maximum absolute atomic E-state index is 5.25. The molecule has 0 unspecified atom stereocenters. The number of hydrogen-bond acceptors (Lipinski definition) is 2. The van der Waals surface area contributed by atoms with Crippen molar-refractivity contribution in [3.8, 4) is 5.75 Å². The van der Waals surface area contributed by atoms with E-state index in [0.29, 0.717) is 6.54 Å². The second-order valence-electron chi connectivity index (χ2n) is 5.39. The average Bonchev–Trinajstić information content (AvgIpc) is 2.67. The lowest BCUT2D eigenvalue weighted by atomic mass is 9.99. The molecule has 0 fully saturated rings. The molecule has 2 nitrogen and oxygen atoms in total. The van der Waals surface area contributed by atoms with Gasteiger partial charge in [0.2, 0.25) is 0 Å². The molecule has 24 heavy (non-hydrogen) atoms. The topological polar surface area (TPSA) is 21.6 Å². The summed E-state index contributed by atoms with van der Waals surface area (Å²) in [5.41, 5.74) is 4.32. The van der Waals surface area contributed by atoms with Crippen LogP contribution in [0.2, 0.25) is 0 Å². The van der Waals surface area contributed by atoms with Gasteiger partial charge in [-0.3, -0.25) is 0 Å². The first-order valence-corrected chi connectivity index (χ1v) is 7.90. The van der Waals surface area contributed by atoms with Crippen molar-refractivity contribution in [1.29, 1.82) is 0 Å². The fraction of sp³-hybridized carbons (Fsp3) is 0.0909. The number of aliphatic imine (C=N–C) groups is 1. The maximum atomic E-state index is 5.25. The normalized spacial score (nSPS) is 9.88. The van der Waals surface area contributed by atoms with E-state index in [1.807, 2.05) is 60.7 Å². The monoisotopic (exact) mass is 313 g/mol. The maximum Gasteiger partial charge on any atom is 0.119 e. The molecule has 0 aliphatic carbocycles. The van der Waals surface area contributed by atoms with Gasteiger partial charge in [-0.15, -0.1) is 0 Å². The summed E-state index contributed by atoms with van der Waals surface area (Å²) >= 11 is 0. The number of hydrogen-bond donors (Lipinski definition) is 0. The van der Waals surface area contributed by atoms with Gasteiger partial charge in [0.15, 0.2) is 0 Å². The summed E-state index contributed by atoms with van der Waals surface area (Å²) in [5.74, 6) is 4.08. The van der Waals surface area contributed by atoms with E-state index in [2.05, 4.69) is 35.1 Å². The van der Waals surface area contributed by atoms with Crippen molar-refractivity contribution in [1.82, 2.24) is 0 Å². The van der Waals surface area contributed by atoms with Crippen molar-refractivity contribution >= 4 is 11.4 Å². The van der Waals surface area contributed by atoms with E-state index in [1.54, 1.807) is 7.11 Å². The number of rotatable bonds is 5. The number of nitrogens with zero attached hydrogens (tertiary/aromatic N) is 1. The molecular formula is C22H19NO. The van der Waals surface area contributed by atoms with Crippen LogP contribution in [0.4, 0.5) is 0 Å². The van der Waals surface area contributed by atoms with Crippen LogP contribution >= 0.6 is 0 Å². The summed E-state index contributed by atoms with van der Waals surface area (Å²) in [5, 5.41) is 0. The number of methoxy groups -OCH3 is 1. The van der Waals surface area contributed by atoms with E-state index in [0.717, 1.165) is 28.0 Å². The zero-order chi connectivity index (χ0) is 16.6. The standard InChI is InChI=1S/C22H19NO/c1-24-21-14-8-9-18(15-21)16-23-17-22(19-10-4-2-5-11-19)20-12-6-3-7-13-20/h2-15H,16H2,1H3. The Bertz CT molecular complexity index is 806. The summed E-state index contributed by atoms with van der Waals surface area (Å²) < 4.78 is 5.25. The van der Waals surface area contributed by atoms with Crippen molar-refractivity contribution in [2.75, 3.05) is 7.11 Å². The van der Waals surface area contributed by atoms with Gasteiger partial charge in [-0.25, -0.2) is 4.99 Å². The van der Waals surface area contributed by atoms with Crippen LogP contribution in [0.3, 0.4) is 0 Å². The molecule has 3 aromatic rings. The average molecular weight is 313 g/mol. The second-order valence-corrected chi connectivity index (χ2v) is 5.39. The Labute approximate surface area is 142 Å². The Morgan fingerprint density at radius 3 is 2.04 bits per heavy atom. The predicted octanol–water partition coefficient (Wildman–Crippen LogP) is 5.00. The van der Waals surface area contributed by atoms with Crippen LogP contribution in [-0.4, -0.2) is 13.0 Å². The Morgan fingerprint density at radius 2 is 1.46 bits per heavy atom. The Morgan fingerprint density at radius 1 is 0.833 bits per heavy atom. The second kappa shape index (κ2) is 7.96. The van der Waals surface area contributed by atoms with E-state index in [4.69, 9.17) is 4.74 Å². The van der Waals surface area contributed by atoms with E-state index >= 15 is 0 Å². The molecule has 3 aromatic carbocycles. The van der Waals surface area contributed by atoms with Crippen molar-refractivity contribution in [2.24, 2.45) is 4.99 Å². The first-order chi connectivity index (χ1) is 11.9. The van der Waals surface area contributed by atoms with Crippen LogP contribution in [0, 0.1) is 0 Å². The van der Waals surface area contributed by atoms with Gasteiger partial charge >= 0.3 is 0 Å². The minimum Gasteiger partial charge on any atom is -0.497 e. The Balaban J connectivity index is 1.94. The summed E-state index contributed by atoms with van der Waals surface area (Å²) in [6.07, 6.45) is 0. The molecule has 0 aromatic heterocycles. The molecule has 0 aliphatic rings. The Hall–Kier alpha value is -3.09. The highest BCUT2D eigenvalue weighted by molar-refractivity contribution is 5.98. The van der Waals surface area contributed by atoms with Crippen LogP contribution in [-0.2, 0) is 6.54 Å². The molecule has 0 radical (unpaired) electrons. The summed E-state index contributed by atoms with van der Waals surface area (Å²) in [7, 11) is 1.67. The van der Waals surface area contributed by atoms with Gasteiger partial charge in [0, 0.05) is 0 Å². The van der Waals surface area contributed by atoms with Gasteiger partial charge in [0.05, 0.1) is 19.2 Å². The first-order valence-electron chi connectivity index (χ1n) is 7.90. The fourth-order valence-corrected chi connectivity index (χ4v) is 2.49. The van der Waals surface area contributed by atoms with Crippen LogP contribution < -0.4 is 4.74 Å². The molecule has 0 amide bonds. The molecule has 0 spiro atoms. The quantitative estimate of drug-likeness (QED) is 0.608. The Kier molecular flexibility index (Phi) is 5.24. The van der Waals surface area contributed by atoms with E-state index < -0.39 is 0 Å². The third-order valence-corrected chi connectivity index (χ3v) is 3.71. The summed E-state index contributed by atoms with van der Waals surface area (Å²) in [6.45, 7) is 0.570. The fourth-order valence-electron chi connectivity index (χ4n) is 2.49. The van der Waals surface area contributed by atoms with Crippen LogP contribution in [0.25, 0.3) is 5.57 Å². The molecule has 2 heteroatoms. The highest BCUT2D eigenvalue weighted by Gasteiger charge is 2.03. The molecule has 0 N–H and O–H groups in total. The van der Waals surface area contributed by atoms with Gasteiger partial charge in [0.1, 0.15) is 5.75 Å². The molecule has 118 valence electrons. The third kappa shape index (κ3) is 4.01. The van der Waals surface area contributed by atoms with Gasteiger partial charge in [-0.2, -0.15) is 0 Å². The van der Waals surface area contributed by atoms with Gasteiger partial charge in [-0.1, -0.05) is 72.8 Å². The molecule has 0 bridgehead atoms. The van der Waals surface area contributed by atoms with Crippen molar-refractivity contribution < 1.29 is 4.74 Å². The SMILES string of the molecule is COc1cccc(CN=C=C(c2ccccc2)c2ccccc2)c1. The molecule has 0 saturated heterocycles. The summed E-state index contributed by atoms with van der Waals surface area (Å²) in [4.78, 5) is 4.53. The minimum atomic E-state index is 0.570. The molecular weight excluding hydrogens is 294 g/mol. The molecule has 0 saturated carbocycles. The lowest BCUT2D eigenvalue weighted by Gasteiger charge is -2.05. The van der Waals surface area contributed by atoms with Gasteiger partial charge in [-0.05, 0) is 34.7 Å². The highest BCUT2D eigenvalue weighted by Crippen LogP contribution is 2.20. The zero-order valence-corrected chi connectivity index (χ0v) is 13.6. The van der Waals surface area contributed by atoms with Crippen molar-refractivity contribution in [3.05, 3.63) is 102 Å². The number of benzene rings is 3. The molecule has 0 atom stereocenters. The smallest absolute Gasteiger partial charge is 0.119 e. The van der Waals surface area contributed by atoms with Crippen LogP contribution in [0.5, 0.6) is 5.75 Å². The van der Waals surface area contributed by atoms with Gasteiger partial charge in [0.25, 0.3) is 0 Å². The van der Waals surface area contributed by atoms with Crippen LogP contribution in [0.1, 0.15) is 16.7 Å². The number of ether oxygens (including phenoxy) is 1. The first kappa shape index (κ1) is 15.8. The van der Waals surface area contributed by atoms with Crippen molar-refractivity contribution in [3.63, 3.8) is 0 Å². The summed E-state index contributed by atoms with van der Waals surface area (Å²) in [6, 6.07) is 28.4. The molecule has 0 heterocycles. The van der Waals surface area contributed by atoms with Crippen molar-refractivity contribution in [2.45, 2.75) is 6.54 Å². The van der Waals surface area contributed by atoms with E-state index in [9.17, 15) is 0 Å². The molecule has 3 rings (SSSR count). The van der Waals surface area contributed by atoms with Crippen LogP contribution in [0.15, 0.2) is 89.9 Å². The van der Waals surface area contributed by atoms with Gasteiger partial charge < -0.3 is 4.74 Å². The zero-order valence-electron chi connectivity index (χ0n) is 13.6. The van der Waals surface area contributed by atoms with E-state index in [1.165, 1.54) is 0 Å². The molecule has 0 aliphatic heterocycles. The lowest BCUT2D eigenvalue weighted by molar-refractivity contribution is 0.414.